The topological polar surface area (TPSA) is 49.3 Å². The average Bonchev–Trinajstić information content (AvgIpc) is 2.39. The molecular weight excluding hydrogens is 321 g/mol. The lowest BCUT2D eigenvalue weighted by Crippen LogP contribution is -2.12. The van der Waals surface area contributed by atoms with Gasteiger partial charge in [-0.25, -0.2) is 0 Å². The highest BCUT2D eigenvalue weighted by molar-refractivity contribution is 6.44. The van der Waals surface area contributed by atoms with E-state index in [1.165, 1.54) is 18.2 Å². The Morgan fingerprint density at radius 3 is 2.45 bits per heavy atom. The molecular formula is C14H10Cl3NO2. The fraction of sp³-hybridized carbons (Fsp3) is 0.0714. The molecule has 2 aromatic rings. The van der Waals surface area contributed by atoms with Crippen LogP contribution in [0, 0.1) is 6.92 Å². The zero-order chi connectivity index (χ0) is 14.9. The number of rotatable bonds is 2. The molecule has 0 atom stereocenters. The predicted octanol–water partition coefficient (Wildman–Crippen LogP) is 4.91. The lowest BCUT2D eigenvalue weighted by Gasteiger charge is -2.10. The smallest absolute Gasteiger partial charge is 0.259 e. The van der Waals surface area contributed by atoms with Gasteiger partial charge in [0.05, 0.1) is 26.3 Å². The van der Waals surface area contributed by atoms with E-state index in [1.807, 2.05) is 0 Å². The van der Waals surface area contributed by atoms with Gasteiger partial charge in [0.25, 0.3) is 5.91 Å². The molecule has 6 heteroatoms. The van der Waals surface area contributed by atoms with Gasteiger partial charge in [-0.3, -0.25) is 4.79 Å². The number of aryl methyl sites for hydroxylation is 1. The molecule has 1 amide bonds. The standard InChI is InChI=1S/C14H10Cl3NO2/c1-7-3-2-4-8(13(7)19)14(20)18-12-6-10(16)9(15)5-11(12)17/h2-6,19H,1H3,(H,18,20). The van der Waals surface area contributed by atoms with Crippen molar-refractivity contribution < 1.29 is 9.90 Å². The summed E-state index contributed by atoms with van der Waals surface area (Å²) in [6, 6.07) is 7.80. The van der Waals surface area contributed by atoms with E-state index in [1.54, 1.807) is 19.1 Å². The molecule has 0 aliphatic rings. The van der Waals surface area contributed by atoms with Crippen LogP contribution < -0.4 is 5.32 Å². The van der Waals surface area contributed by atoms with Crippen LogP contribution >= 0.6 is 34.8 Å². The van der Waals surface area contributed by atoms with E-state index in [4.69, 9.17) is 34.8 Å². The van der Waals surface area contributed by atoms with Gasteiger partial charge in [0.1, 0.15) is 5.75 Å². The molecule has 0 bridgehead atoms. The molecule has 0 unspecified atom stereocenters. The highest BCUT2D eigenvalue weighted by Gasteiger charge is 2.15. The number of anilines is 1. The molecule has 2 rings (SSSR count). The fourth-order valence-electron chi connectivity index (χ4n) is 1.65. The number of phenolic OH excluding ortho intramolecular Hbond substituents is 1. The van der Waals surface area contributed by atoms with E-state index in [9.17, 15) is 9.90 Å². The molecule has 0 fully saturated rings. The van der Waals surface area contributed by atoms with Crippen LogP contribution in [0.4, 0.5) is 5.69 Å². The van der Waals surface area contributed by atoms with Gasteiger partial charge in [0, 0.05) is 0 Å². The molecule has 3 nitrogen and oxygen atoms in total. The van der Waals surface area contributed by atoms with Crippen molar-refractivity contribution in [2.24, 2.45) is 0 Å². The summed E-state index contributed by atoms with van der Waals surface area (Å²) in [4.78, 5) is 12.1. The average molecular weight is 331 g/mol. The van der Waals surface area contributed by atoms with Crippen molar-refractivity contribution in [3.63, 3.8) is 0 Å². The van der Waals surface area contributed by atoms with Gasteiger partial charge in [-0.05, 0) is 30.7 Å². The largest absolute Gasteiger partial charge is 0.507 e. The monoisotopic (exact) mass is 329 g/mol. The maximum Gasteiger partial charge on any atom is 0.259 e. The Morgan fingerprint density at radius 1 is 1.10 bits per heavy atom. The first-order chi connectivity index (χ1) is 9.40. The molecule has 0 radical (unpaired) electrons. The van der Waals surface area contributed by atoms with Crippen LogP contribution in [0.2, 0.25) is 15.1 Å². The minimum absolute atomic E-state index is 0.0683. The van der Waals surface area contributed by atoms with Crippen molar-refractivity contribution in [2.75, 3.05) is 5.32 Å². The highest BCUT2D eigenvalue weighted by Crippen LogP contribution is 2.33. The van der Waals surface area contributed by atoms with Crippen LogP contribution in [-0.2, 0) is 0 Å². The van der Waals surface area contributed by atoms with Gasteiger partial charge in [0.2, 0.25) is 0 Å². The summed E-state index contributed by atoms with van der Waals surface area (Å²) in [7, 11) is 0. The molecule has 0 aliphatic heterocycles. The van der Waals surface area contributed by atoms with Crippen molar-refractivity contribution in [1.29, 1.82) is 0 Å². The zero-order valence-electron chi connectivity index (χ0n) is 10.4. The number of hydrogen-bond donors (Lipinski definition) is 2. The van der Waals surface area contributed by atoms with Gasteiger partial charge in [-0.1, -0.05) is 46.9 Å². The second-order valence-electron chi connectivity index (χ2n) is 4.17. The van der Waals surface area contributed by atoms with Gasteiger partial charge < -0.3 is 10.4 Å². The normalized spacial score (nSPS) is 10.4. The number of nitrogens with one attached hydrogen (secondary N) is 1. The number of carbonyl (C=O) groups excluding carboxylic acids is 1. The molecule has 0 aromatic heterocycles. The summed E-state index contributed by atoms with van der Waals surface area (Å²) in [5.74, 6) is -0.548. The van der Waals surface area contributed by atoms with E-state index in [0.717, 1.165) is 0 Å². The molecule has 0 saturated heterocycles. The summed E-state index contributed by atoms with van der Waals surface area (Å²) in [5, 5.41) is 13.3. The van der Waals surface area contributed by atoms with Gasteiger partial charge in [0.15, 0.2) is 0 Å². The predicted molar refractivity (Wildman–Crippen MR) is 82.3 cm³/mol. The molecule has 0 spiro atoms. The molecule has 2 N–H and O–H groups in total. The van der Waals surface area contributed by atoms with Crippen molar-refractivity contribution in [3.8, 4) is 5.75 Å². The lowest BCUT2D eigenvalue weighted by atomic mass is 10.1. The summed E-state index contributed by atoms with van der Waals surface area (Å²) in [6.45, 7) is 1.71. The summed E-state index contributed by atoms with van der Waals surface area (Å²) >= 11 is 17.7. The third-order valence-corrected chi connectivity index (χ3v) is 3.78. The first kappa shape index (κ1) is 15.0. The number of phenols is 1. The summed E-state index contributed by atoms with van der Waals surface area (Å²) in [6.07, 6.45) is 0. The maximum atomic E-state index is 12.1. The van der Waals surface area contributed by atoms with Crippen molar-refractivity contribution in [2.45, 2.75) is 6.92 Å². The number of carbonyl (C=O) groups is 1. The minimum Gasteiger partial charge on any atom is -0.507 e. The van der Waals surface area contributed by atoms with Crippen LogP contribution in [-0.4, -0.2) is 11.0 Å². The zero-order valence-corrected chi connectivity index (χ0v) is 12.6. The van der Waals surface area contributed by atoms with Crippen LogP contribution in [0.3, 0.4) is 0 Å². The molecule has 20 heavy (non-hydrogen) atoms. The minimum atomic E-state index is -0.480. The third kappa shape index (κ3) is 3.01. The summed E-state index contributed by atoms with van der Waals surface area (Å²) in [5.41, 5.74) is 1.09. The second-order valence-corrected chi connectivity index (χ2v) is 5.39. The third-order valence-electron chi connectivity index (χ3n) is 2.74. The number of benzene rings is 2. The number of para-hydroxylation sites is 1. The first-order valence-electron chi connectivity index (χ1n) is 5.64. The number of amides is 1. The lowest BCUT2D eigenvalue weighted by molar-refractivity contribution is 0.102. The Bertz CT molecular complexity index is 686. The summed E-state index contributed by atoms with van der Waals surface area (Å²) < 4.78 is 0. The highest BCUT2D eigenvalue weighted by atomic mass is 35.5. The number of hydrogen-bond acceptors (Lipinski definition) is 2. The van der Waals surface area contributed by atoms with Crippen molar-refractivity contribution >= 4 is 46.4 Å². The van der Waals surface area contributed by atoms with Crippen molar-refractivity contribution in [3.05, 3.63) is 56.5 Å². The van der Waals surface area contributed by atoms with E-state index < -0.39 is 5.91 Å². The molecule has 2 aromatic carbocycles. The number of halogens is 3. The van der Waals surface area contributed by atoms with Crippen LogP contribution in [0.5, 0.6) is 5.75 Å². The first-order valence-corrected chi connectivity index (χ1v) is 6.78. The Labute approximate surface area is 131 Å². The van der Waals surface area contributed by atoms with E-state index in [2.05, 4.69) is 5.32 Å². The molecule has 0 heterocycles. The van der Waals surface area contributed by atoms with E-state index in [-0.39, 0.29) is 21.4 Å². The Kier molecular flexibility index (Phi) is 4.43. The second kappa shape index (κ2) is 5.92. The Hall–Kier alpha value is -1.42. The van der Waals surface area contributed by atoms with Crippen LogP contribution in [0.25, 0.3) is 0 Å². The van der Waals surface area contributed by atoms with Crippen molar-refractivity contribution in [1.82, 2.24) is 0 Å². The van der Waals surface area contributed by atoms with E-state index >= 15 is 0 Å². The van der Waals surface area contributed by atoms with E-state index in [0.29, 0.717) is 16.3 Å². The quantitative estimate of drug-likeness (QED) is 0.768. The maximum absolute atomic E-state index is 12.1. The van der Waals surface area contributed by atoms with Gasteiger partial charge in [-0.2, -0.15) is 0 Å². The Balaban J connectivity index is 2.33. The fourth-order valence-corrected chi connectivity index (χ4v) is 2.24. The Morgan fingerprint density at radius 2 is 1.75 bits per heavy atom. The molecule has 0 saturated carbocycles. The van der Waals surface area contributed by atoms with Crippen LogP contribution in [0.1, 0.15) is 15.9 Å². The van der Waals surface area contributed by atoms with Gasteiger partial charge in [-0.15, -0.1) is 0 Å². The van der Waals surface area contributed by atoms with Gasteiger partial charge >= 0.3 is 0 Å². The SMILES string of the molecule is Cc1cccc(C(=O)Nc2cc(Cl)c(Cl)cc2Cl)c1O. The number of aromatic hydroxyl groups is 1. The molecule has 104 valence electrons. The van der Waals surface area contributed by atoms with Crippen LogP contribution in [0.15, 0.2) is 30.3 Å². The molecule has 0 aliphatic carbocycles.